The molecule has 3 rings (SSSR count). The van der Waals surface area contributed by atoms with Crippen LogP contribution in [0, 0.1) is 0 Å². The van der Waals surface area contributed by atoms with E-state index < -0.39 is 9.73 Å². The van der Waals surface area contributed by atoms with Crippen LogP contribution in [0.1, 0.15) is 6.92 Å². The molecule has 0 spiro atoms. The number of morpholine rings is 1. The van der Waals surface area contributed by atoms with Gasteiger partial charge in [0.2, 0.25) is 0 Å². The lowest BCUT2D eigenvalue weighted by atomic mass is 10.2. The number of aromatic nitrogens is 3. The molecule has 8 heteroatoms. The summed E-state index contributed by atoms with van der Waals surface area (Å²) in [6.07, 6.45) is 4.96. The second-order valence-electron chi connectivity index (χ2n) is 5.92. The van der Waals surface area contributed by atoms with Crippen LogP contribution in [-0.2, 0) is 14.5 Å². The fraction of sp³-hybridized carbons (Fsp3) is 0.467. The minimum atomic E-state index is -2.28. The van der Waals surface area contributed by atoms with Crippen molar-refractivity contribution in [3.63, 3.8) is 0 Å². The molecule has 3 heterocycles. The number of nitrogens with zero attached hydrogens (tertiary/aromatic N) is 4. The Hall–Kier alpha value is -1.93. The minimum Gasteiger partial charge on any atom is -0.377 e. The Balaban J connectivity index is 2.09. The van der Waals surface area contributed by atoms with Crippen LogP contribution in [0.2, 0.25) is 0 Å². The van der Waals surface area contributed by atoms with E-state index in [0.29, 0.717) is 24.7 Å². The van der Waals surface area contributed by atoms with Gasteiger partial charge in [-0.3, -0.25) is 5.10 Å². The summed E-state index contributed by atoms with van der Waals surface area (Å²) in [5, 5.41) is 6.98. The Kier molecular flexibility index (Phi) is 4.36. The van der Waals surface area contributed by atoms with Crippen molar-refractivity contribution < 1.29 is 8.95 Å². The fourth-order valence-corrected chi connectivity index (χ4v) is 3.13. The lowest BCUT2D eigenvalue weighted by Gasteiger charge is -2.35. The van der Waals surface area contributed by atoms with E-state index in [-0.39, 0.29) is 6.04 Å². The van der Waals surface area contributed by atoms with Gasteiger partial charge in [-0.2, -0.15) is 9.46 Å². The zero-order valence-electron chi connectivity index (χ0n) is 13.5. The van der Waals surface area contributed by atoms with E-state index in [1.54, 1.807) is 18.7 Å². The smallest absolute Gasteiger partial charge is 0.164 e. The molecule has 1 fully saturated rings. The molecule has 2 aromatic rings. The Morgan fingerprint density at radius 2 is 2.22 bits per heavy atom. The molecule has 124 valence electrons. The topological polar surface area (TPSA) is 83.5 Å². The molecule has 2 aromatic heterocycles. The Labute approximate surface area is 136 Å². The van der Waals surface area contributed by atoms with Gasteiger partial charge in [-0.15, -0.1) is 0 Å². The summed E-state index contributed by atoms with van der Waals surface area (Å²) in [6.45, 7) is 4.30. The van der Waals surface area contributed by atoms with Gasteiger partial charge < -0.3 is 9.64 Å². The van der Waals surface area contributed by atoms with E-state index in [1.807, 2.05) is 18.2 Å². The van der Waals surface area contributed by atoms with Gasteiger partial charge in [-0.1, -0.05) is 0 Å². The highest BCUT2D eigenvalue weighted by molar-refractivity contribution is 7.92. The van der Waals surface area contributed by atoms with Crippen LogP contribution in [0.4, 0.5) is 11.5 Å². The molecule has 0 bridgehead atoms. The first-order valence-corrected chi connectivity index (χ1v) is 9.79. The third-order valence-electron chi connectivity index (χ3n) is 3.57. The van der Waals surface area contributed by atoms with Crippen molar-refractivity contribution in [1.82, 2.24) is 15.2 Å². The monoisotopic (exact) mass is 335 g/mol. The lowest BCUT2D eigenvalue weighted by molar-refractivity contribution is 0.0989. The molecule has 0 unspecified atom stereocenters. The minimum absolute atomic E-state index is 0.263. The van der Waals surface area contributed by atoms with E-state index in [1.165, 1.54) is 0 Å². The predicted molar refractivity (Wildman–Crippen MR) is 91.5 cm³/mol. The number of aromatic amines is 1. The molecule has 0 aliphatic carbocycles. The van der Waals surface area contributed by atoms with Crippen molar-refractivity contribution in [2.75, 3.05) is 37.2 Å². The van der Waals surface area contributed by atoms with Crippen LogP contribution in [0.3, 0.4) is 0 Å². The highest BCUT2D eigenvalue weighted by Gasteiger charge is 2.21. The zero-order valence-corrected chi connectivity index (χ0v) is 14.3. The number of H-pyrrole nitrogens is 1. The van der Waals surface area contributed by atoms with Crippen molar-refractivity contribution in [3.8, 4) is 11.4 Å². The van der Waals surface area contributed by atoms with E-state index in [0.717, 1.165) is 17.9 Å². The number of hydrogen-bond acceptors (Lipinski definition) is 6. The average molecular weight is 335 g/mol. The van der Waals surface area contributed by atoms with E-state index in [4.69, 9.17) is 4.74 Å². The van der Waals surface area contributed by atoms with Crippen LogP contribution < -0.4 is 4.90 Å². The Morgan fingerprint density at radius 3 is 2.87 bits per heavy atom. The molecule has 23 heavy (non-hydrogen) atoms. The van der Waals surface area contributed by atoms with Gasteiger partial charge in [-0.05, 0) is 19.1 Å². The summed E-state index contributed by atoms with van der Waals surface area (Å²) in [5.41, 5.74) is 2.45. The van der Waals surface area contributed by atoms with Gasteiger partial charge >= 0.3 is 0 Å². The summed E-state index contributed by atoms with van der Waals surface area (Å²) in [6, 6.07) is 5.99. The molecular weight excluding hydrogens is 314 g/mol. The third-order valence-corrected chi connectivity index (χ3v) is 4.20. The summed E-state index contributed by atoms with van der Waals surface area (Å²) >= 11 is 0. The molecule has 0 amide bonds. The normalized spacial score (nSPS) is 18.9. The highest BCUT2D eigenvalue weighted by atomic mass is 32.2. The number of pyridine rings is 1. The molecule has 0 radical (unpaired) electrons. The summed E-state index contributed by atoms with van der Waals surface area (Å²) in [5.74, 6) is 0.467. The van der Waals surface area contributed by atoms with Gasteiger partial charge in [0.1, 0.15) is 5.69 Å². The Bertz CT molecular complexity index is 788. The van der Waals surface area contributed by atoms with Gasteiger partial charge in [0.25, 0.3) is 0 Å². The molecule has 1 atom stereocenters. The standard InChI is InChI=1S/C15H21N5O2S/c1-11-10-22-7-6-20(11)12-8-14(13-4-5-16-18-13)17-15(9-12)19-23(2,3)21/h4-5,8-9,11H,6-7,10H2,1-3H3,(H,16,18)/t11-/m1/s1. The second-order valence-corrected chi connectivity index (χ2v) is 8.46. The van der Waals surface area contributed by atoms with Gasteiger partial charge in [0.05, 0.1) is 18.9 Å². The van der Waals surface area contributed by atoms with Gasteiger partial charge in [0.15, 0.2) is 5.82 Å². The first kappa shape index (κ1) is 15.9. The number of nitrogens with one attached hydrogen (secondary N) is 1. The maximum absolute atomic E-state index is 12.0. The molecule has 1 saturated heterocycles. The number of anilines is 1. The largest absolute Gasteiger partial charge is 0.377 e. The molecular formula is C15H21N5O2S. The van der Waals surface area contributed by atoms with Crippen LogP contribution in [0.15, 0.2) is 28.8 Å². The van der Waals surface area contributed by atoms with E-state index in [2.05, 4.69) is 31.4 Å². The van der Waals surface area contributed by atoms with Crippen LogP contribution in [0.5, 0.6) is 0 Å². The summed E-state index contributed by atoms with van der Waals surface area (Å²) in [4.78, 5) is 6.75. The number of rotatable bonds is 3. The first-order valence-electron chi connectivity index (χ1n) is 7.46. The van der Waals surface area contributed by atoms with Crippen molar-refractivity contribution >= 4 is 21.2 Å². The number of ether oxygens (including phenoxy) is 1. The molecule has 1 aliphatic heterocycles. The molecule has 0 aromatic carbocycles. The van der Waals surface area contributed by atoms with Crippen molar-refractivity contribution in [2.24, 2.45) is 4.36 Å². The molecule has 7 nitrogen and oxygen atoms in total. The fourth-order valence-electron chi connectivity index (χ4n) is 2.58. The van der Waals surface area contributed by atoms with E-state index >= 15 is 0 Å². The third kappa shape index (κ3) is 3.89. The maximum atomic E-state index is 12.0. The molecule has 0 saturated carbocycles. The quantitative estimate of drug-likeness (QED) is 0.928. The molecule has 1 N–H and O–H groups in total. The maximum Gasteiger partial charge on any atom is 0.164 e. The number of hydrogen-bond donors (Lipinski definition) is 1. The van der Waals surface area contributed by atoms with Crippen LogP contribution >= 0.6 is 0 Å². The van der Waals surface area contributed by atoms with Gasteiger partial charge in [-0.25, -0.2) is 9.19 Å². The SMILES string of the molecule is C[C@@H]1COCCN1c1cc(N=S(C)(C)=O)nc(-c2cc[nH]n2)c1. The van der Waals surface area contributed by atoms with Gasteiger partial charge in [0, 0.05) is 52.8 Å². The Morgan fingerprint density at radius 1 is 1.39 bits per heavy atom. The zero-order chi connectivity index (χ0) is 16.4. The van der Waals surface area contributed by atoms with E-state index in [9.17, 15) is 4.21 Å². The second kappa shape index (κ2) is 6.29. The summed E-state index contributed by atoms with van der Waals surface area (Å²) in [7, 11) is -2.28. The van der Waals surface area contributed by atoms with Crippen molar-refractivity contribution in [2.45, 2.75) is 13.0 Å². The molecule has 1 aliphatic rings. The highest BCUT2D eigenvalue weighted by Crippen LogP contribution is 2.29. The summed E-state index contributed by atoms with van der Waals surface area (Å²) < 4.78 is 21.8. The predicted octanol–water partition coefficient (Wildman–Crippen LogP) is 2.06. The van der Waals surface area contributed by atoms with Crippen LogP contribution in [0.25, 0.3) is 11.4 Å². The van der Waals surface area contributed by atoms with Crippen LogP contribution in [-0.4, -0.2) is 57.7 Å². The van der Waals surface area contributed by atoms with Crippen molar-refractivity contribution in [3.05, 3.63) is 24.4 Å². The van der Waals surface area contributed by atoms with Crippen molar-refractivity contribution in [1.29, 1.82) is 0 Å². The lowest BCUT2D eigenvalue weighted by Crippen LogP contribution is -2.43. The first-order chi connectivity index (χ1) is 10.9. The average Bonchev–Trinajstić information content (AvgIpc) is 2.99.